The Morgan fingerprint density at radius 3 is 2.59 bits per heavy atom. The van der Waals surface area contributed by atoms with Gasteiger partial charge in [0.15, 0.2) is 0 Å². The van der Waals surface area contributed by atoms with Crippen molar-refractivity contribution >= 4 is 6.03 Å². The maximum absolute atomic E-state index is 12.9. The smallest absolute Gasteiger partial charge is 0.318 e. The zero-order chi connectivity index (χ0) is 19.1. The van der Waals surface area contributed by atoms with Crippen LogP contribution in [-0.4, -0.2) is 33.6 Å². The Bertz CT molecular complexity index is 729. The van der Waals surface area contributed by atoms with E-state index in [4.69, 9.17) is 0 Å². The Morgan fingerprint density at radius 2 is 1.89 bits per heavy atom. The molecule has 2 N–H and O–H groups in total. The molecule has 144 valence electrons. The second kappa shape index (κ2) is 9.51. The lowest BCUT2D eigenvalue weighted by atomic mass is 9.94. The summed E-state index contributed by atoms with van der Waals surface area (Å²) >= 11 is 0. The van der Waals surface area contributed by atoms with E-state index < -0.39 is 6.10 Å². The molecule has 3 rings (SSSR count). The number of aliphatic hydroxyl groups excluding tert-OH is 1. The number of nitrogens with one attached hydrogen (secondary N) is 1. The molecule has 0 saturated heterocycles. The molecule has 1 atom stereocenters. The molecule has 5 nitrogen and oxygen atoms in total. The molecule has 0 spiro atoms. The van der Waals surface area contributed by atoms with Gasteiger partial charge in [0.05, 0.1) is 24.9 Å². The normalized spacial score (nSPS) is 15.9. The summed E-state index contributed by atoms with van der Waals surface area (Å²) in [7, 11) is 0. The van der Waals surface area contributed by atoms with Crippen molar-refractivity contribution in [1.82, 2.24) is 15.2 Å². The minimum atomic E-state index is -0.684. The fourth-order valence-electron chi connectivity index (χ4n) is 3.72. The largest absolute Gasteiger partial charge is 0.387 e. The van der Waals surface area contributed by atoms with Crippen LogP contribution in [0.15, 0.2) is 48.5 Å². The minimum absolute atomic E-state index is 0.125. The molecule has 1 aromatic heterocycles. The van der Waals surface area contributed by atoms with Crippen molar-refractivity contribution in [2.24, 2.45) is 0 Å². The standard InChI is InChI=1S/C22H29N3O2/c1-17-9-8-12-19(24-17)15-23-22(27)25(20-13-6-3-7-14-20)16-21(26)18-10-4-2-5-11-18/h2,4-5,8-12,20-21,26H,3,6-7,13-16H2,1H3,(H,23,27)/t21-/m0/s1. The Morgan fingerprint density at radius 1 is 1.15 bits per heavy atom. The summed E-state index contributed by atoms with van der Waals surface area (Å²) < 4.78 is 0. The highest BCUT2D eigenvalue weighted by molar-refractivity contribution is 5.74. The van der Waals surface area contributed by atoms with Crippen LogP contribution in [0.4, 0.5) is 4.79 Å². The van der Waals surface area contributed by atoms with E-state index in [0.717, 1.165) is 42.6 Å². The van der Waals surface area contributed by atoms with Gasteiger partial charge in [-0.25, -0.2) is 4.79 Å². The van der Waals surface area contributed by atoms with Gasteiger partial charge in [-0.1, -0.05) is 55.7 Å². The molecular formula is C22H29N3O2. The third kappa shape index (κ3) is 5.54. The molecule has 0 bridgehead atoms. The number of nitrogens with zero attached hydrogens (tertiary/aromatic N) is 2. The zero-order valence-electron chi connectivity index (χ0n) is 16.0. The predicted octanol–water partition coefficient (Wildman–Crippen LogP) is 3.97. The molecule has 27 heavy (non-hydrogen) atoms. The number of rotatable bonds is 6. The van der Waals surface area contributed by atoms with Gasteiger partial charge in [-0.15, -0.1) is 0 Å². The Kier molecular flexibility index (Phi) is 6.82. The Balaban J connectivity index is 1.67. The van der Waals surface area contributed by atoms with Crippen molar-refractivity contribution in [3.05, 3.63) is 65.5 Å². The quantitative estimate of drug-likeness (QED) is 0.812. The zero-order valence-corrected chi connectivity index (χ0v) is 16.0. The van der Waals surface area contributed by atoms with Crippen LogP contribution in [0.25, 0.3) is 0 Å². The average Bonchev–Trinajstić information content (AvgIpc) is 2.71. The maximum atomic E-state index is 12.9. The SMILES string of the molecule is Cc1cccc(CNC(=O)N(C[C@H](O)c2ccccc2)C2CCCCC2)n1. The number of hydrogen-bond donors (Lipinski definition) is 2. The van der Waals surface area contributed by atoms with Crippen LogP contribution in [0.5, 0.6) is 0 Å². The summed E-state index contributed by atoms with van der Waals surface area (Å²) in [6, 6.07) is 15.4. The van der Waals surface area contributed by atoms with E-state index in [2.05, 4.69) is 10.3 Å². The van der Waals surface area contributed by atoms with Gasteiger partial charge in [0.2, 0.25) is 0 Å². The van der Waals surface area contributed by atoms with E-state index >= 15 is 0 Å². The lowest BCUT2D eigenvalue weighted by Gasteiger charge is -2.35. The molecule has 1 heterocycles. The number of carbonyl (C=O) groups excluding carboxylic acids is 1. The van der Waals surface area contributed by atoms with Crippen molar-refractivity contribution in [2.75, 3.05) is 6.54 Å². The first kappa shape index (κ1) is 19.4. The molecule has 0 radical (unpaired) electrons. The van der Waals surface area contributed by atoms with Crippen molar-refractivity contribution < 1.29 is 9.90 Å². The van der Waals surface area contributed by atoms with Gasteiger partial charge in [-0.2, -0.15) is 0 Å². The third-order valence-electron chi connectivity index (χ3n) is 5.20. The highest BCUT2D eigenvalue weighted by Crippen LogP contribution is 2.25. The van der Waals surface area contributed by atoms with Gasteiger partial charge in [-0.3, -0.25) is 4.98 Å². The van der Waals surface area contributed by atoms with Gasteiger partial charge >= 0.3 is 6.03 Å². The number of carbonyl (C=O) groups is 1. The number of hydrogen-bond acceptors (Lipinski definition) is 3. The molecule has 1 fully saturated rings. The maximum Gasteiger partial charge on any atom is 0.318 e. The van der Waals surface area contributed by atoms with Crippen LogP contribution in [-0.2, 0) is 6.54 Å². The van der Waals surface area contributed by atoms with Gasteiger partial charge in [0.25, 0.3) is 0 Å². The number of aryl methyl sites for hydroxylation is 1. The highest BCUT2D eigenvalue weighted by atomic mass is 16.3. The minimum Gasteiger partial charge on any atom is -0.387 e. The number of aromatic nitrogens is 1. The number of aliphatic hydroxyl groups is 1. The Hall–Kier alpha value is -2.40. The molecule has 1 aromatic carbocycles. The molecule has 5 heteroatoms. The number of urea groups is 1. The van der Waals surface area contributed by atoms with Crippen molar-refractivity contribution in [3.63, 3.8) is 0 Å². The van der Waals surface area contributed by atoms with Crippen LogP contribution >= 0.6 is 0 Å². The summed E-state index contributed by atoms with van der Waals surface area (Å²) in [6.07, 6.45) is 4.80. The van der Waals surface area contributed by atoms with E-state index in [1.54, 1.807) is 0 Å². The second-order valence-electron chi connectivity index (χ2n) is 7.30. The number of amides is 2. The molecule has 0 aliphatic heterocycles. The fraction of sp³-hybridized carbons (Fsp3) is 0.455. The molecule has 1 saturated carbocycles. The second-order valence-corrected chi connectivity index (χ2v) is 7.30. The van der Waals surface area contributed by atoms with Crippen molar-refractivity contribution in [1.29, 1.82) is 0 Å². The van der Waals surface area contributed by atoms with Gasteiger partial charge in [0.1, 0.15) is 0 Å². The predicted molar refractivity (Wildman–Crippen MR) is 106 cm³/mol. The lowest BCUT2D eigenvalue weighted by molar-refractivity contribution is 0.0900. The lowest BCUT2D eigenvalue weighted by Crippen LogP contribution is -2.48. The third-order valence-corrected chi connectivity index (χ3v) is 5.20. The van der Waals surface area contributed by atoms with E-state index in [1.165, 1.54) is 6.42 Å². The summed E-state index contributed by atoms with van der Waals surface area (Å²) in [6.45, 7) is 2.64. The molecule has 2 aromatic rings. The van der Waals surface area contributed by atoms with Crippen LogP contribution in [0, 0.1) is 6.92 Å². The first-order valence-corrected chi connectivity index (χ1v) is 9.83. The van der Waals surface area contributed by atoms with E-state index in [9.17, 15) is 9.90 Å². The van der Waals surface area contributed by atoms with Gasteiger partial charge < -0.3 is 15.3 Å². The summed E-state index contributed by atoms with van der Waals surface area (Å²) in [5, 5.41) is 13.7. The number of benzene rings is 1. The van der Waals surface area contributed by atoms with E-state index in [1.807, 2.05) is 60.4 Å². The van der Waals surface area contributed by atoms with Crippen molar-refractivity contribution in [2.45, 2.75) is 57.7 Å². The van der Waals surface area contributed by atoms with Crippen LogP contribution in [0.3, 0.4) is 0 Å². The van der Waals surface area contributed by atoms with Gasteiger partial charge in [-0.05, 0) is 37.5 Å². The Labute approximate surface area is 161 Å². The van der Waals surface area contributed by atoms with Gasteiger partial charge in [0, 0.05) is 11.7 Å². The van der Waals surface area contributed by atoms with E-state index in [-0.39, 0.29) is 12.1 Å². The monoisotopic (exact) mass is 367 g/mol. The fourth-order valence-corrected chi connectivity index (χ4v) is 3.72. The van der Waals surface area contributed by atoms with Crippen LogP contribution in [0.2, 0.25) is 0 Å². The molecular weight excluding hydrogens is 338 g/mol. The first-order valence-electron chi connectivity index (χ1n) is 9.83. The summed E-state index contributed by atoms with van der Waals surface area (Å²) in [5.41, 5.74) is 2.62. The average molecular weight is 367 g/mol. The molecule has 2 amide bonds. The van der Waals surface area contributed by atoms with Crippen LogP contribution in [0.1, 0.15) is 55.2 Å². The highest BCUT2D eigenvalue weighted by Gasteiger charge is 2.27. The topological polar surface area (TPSA) is 65.5 Å². The van der Waals surface area contributed by atoms with Crippen molar-refractivity contribution in [3.8, 4) is 0 Å². The molecule has 0 unspecified atom stereocenters. The van der Waals surface area contributed by atoms with E-state index in [0.29, 0.717) is 13.1 Å². The summed E-state index contributed by atoms with van der Waals surface area (Å²) in [4.78, 5) is 19.2. The summed E-state index contributed by atoms with van der Waals surface area (Å²) in [5.74, 6) is 0. The first-order chi connectivity index (χ1) is 13.1. The number of pyridine rings is 1. The van der Waals surface area contributed by atoms with Crippen LogP contribution < -0.4 is 5.32 Å². The molecule has 1 aliphatic rings. The molecule has 1 aliphatic carbocycles.